The van der Waals surface area contributed by atoms with Crippen molar-refractivity contribution in [2.75, 3.05) is 40.9 Å². The van der Waals surface area contributed by atoms with Crippen LogP contribution in [0.3, 0.4) is 0 Å². The molecule has 4 heteroatoms. The number of methoxy groups -OCH3 is 1. The molecule has 72 valence electrons. The molecule has 0 amide bonds. The molecule has 1 aliphatic heterocycles. The first-order valence-electron chi connectivity index (χ1n) is 4.26. The average Bonchev–Trinajstić information content (AvgIpc) is 2.04. The highest BCUT2D eigenvalue weighted by molar-refractivity contribution is 4.73. The maximum Gasteiger partial charge on any atom is 0.121 e. The number of ether oxygens (including phenoxy) is 2. The predicted octanol–water partition coefficient (Wildman–Crippen LogP) is -0.491. The quantitative estimate of drug-likeness (QED) is 0.626. The van der Waals surface area contributed by atoms with Crippen molar-refractivity contribution >= 4 is 0 Å². The summed E-state index contributed by atoms with van der Waals surface area (Å²) in [5.74, 6) is 0. The summed E-state index contributed by atoms with van der Waals surface area (Å²) in [6, 6.07) is 0. The normalized spacial score (nSPS) is 32.2. The van der Waals surface area contributed by atoms with Crippen LogP contribution in [0, 0.1) is 0 Å². The van der Waals surface area contributed by atoms with Crippen LogP contribution in [0.4, 0.5) is 0 Å². The highest BCUT2D eigenvalue weighted by atomic mass is 16.5. The monoisotopic (exact) mass is 174 g/mol. The zero-order valence-corrected chi connectivity index (χ0v) is 8.04. The molecule has 4 nitrogen and oxygen atoms in total. The first-order chi connectivity index (χ1) is 5.76. The van der Waals surface area contributed by atoms with Crippen LogP contribution in [-0.4, -0.2) is 58.1 Å². The summed E-state index contributed by atoms with van der Waals surface area (Å²) >= 11 is 0. The number of morpholine rings is 1. The molecular weight excluding hydrogens is 156 g/mol. The SMILES string of the molecule is CNC1CN(C)CC(COC)O1. The summed E-state index contributed by atoms with van der Waals surface area (Å²) in [7, 11) is 5.70. The van der Waals surface area contributed by atoms with E-state index < -0.39 is 0 Å². The van der Waals surface area contributed by atoms with Gasteiger partial charge in [-0.15, -0.1) is 0 Å². The van der Waals surface area contributed by atoms with Crippen molar-refractivity contribution in [1.29, 1.82) is 0 Å². The molecule has 1 fully saturated rings. The molecule has 0 aromatic rings. The van der Waals surface area contributed by atoms with Gasteiger partial charge < -0.3 is 9.47 Å². The fourth-order valence-electron chi connectivity index (χ4n) is 1.46. The zero-order chi connectivity index (χ0) is 8.97. The summed E-state index contributed by atoms with van der Waals surface area (Å²) in [6.45, 7) is 2.56. The van der Waals surface area contributed by atoms with Gasteiger partial charge in [0.2, 0.25) is 0 Å². The third kappa shape index (κ3) is 2.71. The van der Waals surface area contributed by atoms with Crippen molar-refractivity contribution in [2.45, 2.75) is 12.3 Å². The fourth-order valence-corrected chi connectivity index (χ4v) is 1.46. The standard InChI is InChI=1S/C8H18N2O2/c1-9-8-5-10(2)4-7(12-8)6-11-3/h7-9H,4-6H2,1-3H3. The van der Waals surface area contributed by atoms with E-state index >= 15 is 0 Å². The Hall–Kier alpha value is -0.160. The number of rotatable bonds is 3. The maximum absolute atomic E-state index is 5.67. The van der Waals surface area contributed by atoms with Crippen LogP contribution in [0.15, 0.2) is 0 Å². The lowest BCUT2D eigenvalue weighted by molar-refractivity contribution is -0.111. The smallest absolute Gasteiger partial charge is 0.121 e. The van der Waals surface area contributed by atoms with Crippen LogP contribution in [0.1, 0.15) is 0 Å². The van der Waals surface area contributed by atoms with Crippen LogP contribution in [0.25, 0.3) is 0 Å². The molecule has 0 radical (unpaired) electrons. The van der Waals surface area contributed by atoms with E-state index in [-0.39, 0.29) is 12.3 Å². The largest absolute Gasteiger partial charge is 0.382 e. The second-order valence-electron chi connectivity index (χ2n) is 3.21. The van der Waals surface area contributed by atoms with E-state index in [0.29, 0.717) is 6.61 Å². The first-order valence-corrected chi connectivity index (χ1v) is 4.26. The lowest BCUT2D eigenvalue weighted by atomic mass is 10.3. The van der Waals surface area contributed by atoms with Crippen LogP contribution in [-0.2, 0) is 9.47 Å². The van der Waals surface area contributed by atoms with Crippen LogP contribution in [0.2, 0.25) is 0 Å². The molecule has 0 bridgehead atoms. The lowest BCUT2D eigenvalue weighted by Crippen LogP contribution is -2.51. The average molecular weight is 174 g/mol. The van der Waals surface area contributed by atoms with Crippen LogP contribution >= 0.6 is 0 Å². The fraction of sp³-hybridized carbons (Fsp3) is 1.00. The summed E-state index contributed by atoms with van der Waals surface area (Å²) < 4.78 is 10.7. The molecule has 1 heterocycles. The van der Waals surface area contributed by atoms with Gasteiger partial charge in [-0.3, -0.25) is 10.2 Å². The summed E-state index contributed by atoms with van der Waals surface area (Å²) in [5, 5.41) is 3.10. The Morgan fingerprint density at radius 3 is 2.92 bits per heavy atom. The molecule has 0 aromatic heterocycles. The van der Waals surface area contributed by atoms with Crippen molar-refractivity contribution in [3.63, 3.8) is 0 Å². The number of hydrogen-bond donors (Lipinski definition) is 1. The maximum atomic E-state index is 5.67. The Balaban J connectivity index is 2.34. The molecule has 0 aromatic carbocycles. The van der Waals surface area contributed by atoms with E-state index in [1.165, 1.54) is 0 Å². The summed E-state index contributed by atoms with van der Waals surface area (Å²) in [6.07, 6.45) is 0.343. The molecular formula is C8H18N2O2. The number of nitrogens with zero attached hydrogens (tertiary/aromatic N) is 1. The Bertz CT molecular complexity index is 132. The van der Waals surface area contributed by atoms with Crippen molar-refractivity contribution in [2.24, 2.45) is 0 Å². The minimum atomic E-state index is 0.142. The highest BCUT2D eigenvalue weighted by Gasteiger charge is 2.24. The third-order valence-electron chi connectivity index (χ3n) is 2.02. The van der Waals surface area contributed by atoms with Gasteiger partial charge >= 0.3 is 0 Å². The van der Waals surface area contributed by atoms with Gasteiger partial charge in [-0.25, -0.2) is 0 Å². The minimum absolute atomic E-state index is 0.142. The van der Waals surface area contributed by atoms with E-state index in [0.717, 1.165) is 13.1 Å². The minimum Gasteiger partial charge on any atom is -0.382 e. The molecule has 12 heavy (non-hydrogen) atoms. The van der Waals surface area contributed by atoms with Crippen LogP contribution in [0.5, 0.6) is 0 Å². The molecule has 1 N–H and O–H groups in total. The second kappa shape index (κ2) is 4.77. The molecule has 0 aliphatic carbocycles. The first kappa shape index (κ1) is 9.92. The second-order valence-corrected chi connectivity index (χ2v) is 3.21. The number of likely N-dealkylation sites (N-methyl/N-ethyl adjacent to an activating group) is 2. The van der Waals surface area contributed by atoms with Gasteiger partial charge in [-0.05, 0) is 14.1 Å². The topological polar surface area (TPSA) is 33.7 Å². The van der Waals surface area contributed by atoms with Crippen molar-refractivity contribution in [3.8, 4) is 0 Å². The molecule has 0 spiro atoms. The van der Waals surface area contributed by atoms with Gasteiger partial charge in [0.1, 0.15) is 6.23 Å². The van der Waals surface area contributed by atoms with E-state index in [4.69, 9.17) is 9.47 Å². The molecule has 2 unspecified atom stereocenters. The van der Waals surface area contributed by atoms with Crippen LogP contribution < -0.4 is 5.32 Å². The van der Waals surface area contributed by atoms with Crippen molar-refractivity contribution < 1.29 is 9.47 Å². The van der Waals surface area contributed by atoms with E-state index in [2.05, 4.69) is 17.3 Å². The summed E-state index contributed by atoms with van der Waals surface area (Å²) in [4.78, 5) is 2.24. The van der Waals surface area contributed by atoms with E-state index in [1.54, 1.807) is 7.11 Å². The van der Waals surface area contributed by atoms with Gasteiger partial charge in [0, 0.05) is 20.2 Å². The molecule has 1 aliphatic rings. The number of hydrogen-bond acceptors (Lipinski definition) is 4. The molecule has 0 saturated carbocycles. The van der Waals surface area contributed by atoms with Gasteiger partial charge in [0.15, 0.2) is 0 Å². The summed E-state index contributed by atoms with van der Waals surface area (Å²) in [5.41, 5.74) is 0. The molecule has 2 atom stereocenters. The number of nitrogens with one attached hydrogen (secondary N) is 1. The van der Waals surface area contributed by atoms with Gasteiger partial charge in [0.25, 0.3) is 0 Å². The van der Waals surface area contributed by atoms with Crippen molar-refractivity contribution in [1.82, 2.24) is 10.2 Å². The lowest BCUT2D eigenvalue weighted by Gasteiger charge is -2.35. The van der Waals surface area contributed by atoms with E-state index in [9.17, 15) is 0 Å². The Kier molecular flexibility index (Phi) is 3.94. The van der Waals surface area contributed by atoms with Gasteiger partial charge in [-0.2, -0.15) is 0 Å². The Morgan fingerprint density at radius 2 is 2.33 bits per heavy atom. The van der Waals surface area contributed by atoms with Crippen molar-refractivity contribution in [3.05, 3.63) is 0 Å². The zero-order valence-electron chi connectivity index (χ0n) is 8.04. The van der Waals surface area contributed by atoms with Gasteiger partial charge in [-0.1, -0.05) is 0 Å². The predicted molar refractivity (Wildman–Crippen MR) is 47.1 cm³/mol. The highest BCUT2D eigenvalue weighted by Crippen LogP contribution is 2.07. The Morgan fingerprint density at radius 1 is 1.58 bits per heavy atom. The van der Waals surface area contributed by atoms with Gasteiger partial charge in [0.05, 0.1) is 12.7 Å². The molecule has 1 saturated heterocycles. The molecule has 1 rings (SSSR count). The Labute approximate surface area is 73.8 Å². The van der Waals surface area contributed by atoms with E-state index in [1.807, 2.05) is 7.05 Å². The third-order valence-corrected chi connectivity index (χ3v) is 2.02.